The summed E-state index contributed by atoms with van der Waals surface area (Å²) >= 11 is 0. The van der Waals surface area contributed by atoms with Gasteiger partial charge >= 0.3 is 0 Å². The Kier molecular flexibility index (Phi) is 5.25. The van der Waals surface area contributed by atoms with Gasteiger partial charge in [-0.3, -0.25) is 9.80 Å². The third-order valence-corrected chi connectivity index (χ3v) is 10.3. The number of hydrogen-bond acceptors (Lipinski definition) is 3. The van der Waals surface area contributed by atoms with Crippen LogP contribution < -0.4 is 0 Å². The topological polar surface area (TPSA) is 9.72 Å². The van der Waals surface area contributed by atoms with Gasteiger partial charge in [0.1, 0.15) is 0 Å². The molecule has 0 aromatic rings. The first-order valence-electron chi connectivity index (χ1n) is 12.2. The van der Waals surface area contributed by atoms with E-state index in [1.165, 1.54) is 77.8 Å². The number of rotatable bonds is 4. The summed E-state index contributed by atoms with van der Waals surface area (Å²) in [7, 11) is 2.28. The van der Waals surface area contributed by atoms with Crippen molar-refractivity contribution < 1.29 is 0 Å². The molecule has 4 fully saturated rings. The van der Waals surface area contributed by atoms with E-state index < -0.39 is 0 Å². The van der Waals surface area contributed by atoms with E-state index in [9.17, 15) is 0 Å². The molecule has 28 heavy (non-hydrogen) atoms. The van der Waals surface area contributed by atoms with Crippen LogP contribution in [0.2, 0.25) is 0 Å². The van der Waals surface area contributed by atoms with Gasteiger partial charge in [0.05, 0.1) is 0 Å². The molecule has 2 spiro atoms. The minimum atomic E-state index is 0.295. The number of likely N-dealkylation sites (tertiary alicyclic amines) is 3. The van der Waals surface area contributed by atoms with Crippen LogP contribution in [0.15, 0.2) is 0 Å². The van der Waals surface area contributed by atoms with Crippen molar-refractivity contribution in [3.05, 3.63) is 0 Å². The zero-order valence-electron chi connectivity index (χ0n) is 20.0. The smallest absolute Gasteiger partial charge is 0.0206 e. The Balaban J connectivity index is 1.34. The van der Waals surface area contributed by atoms with Gasteiger partial charge in [0.2, 0.25) is 0 Å². The second kappa shape index (κ2) is 6.95. The molecule has 0 bridgehead atoms. The van der Waals surface area contributed by atoms with E-state index in [1.807, 2.05) is 0 Å². The molecule has 3 aliphatic heterocycles. The zero-order chi connectivity index (χ0) is 20.4. The van der Waals surface area contributed by atoms with E-state index in [4.69, 9.17) is 0 Å². The first kappa shape index (κ1) is 21.1. The van der Waals surface area contributed by atoms with Crippen LogP contribution in [0, 0.1) is 22.2 Å². The molecule has 4 rings (SSSR count). The van der Waals surface area contributed by atoms with Gasteiger partial charge in [-0.05, 0) is 109 Å². The first-order valence-corrected chi connectivity index (χ1v) is 12.2. The maximum atomic E-state index is 2.87. The summed E-state index contributed by atoms with van der Waals surface area (Å²) in [6.45, 7) is 23.0. The highest BCUT2D eigenvalue weighted by Gasteiger charge is 2.53. The fraction of sp³-hybridized carbons (Fsp3) is 1.00. The van der Waals surface area contributed by atoms with E-state index in [2.05, 4.69) is 63.3 Å². The monoisotopic (exact) mass is 389 g/mol. The maximum absolute atomic E-state index is 2.87. The molecule has 3 heteroatoms. The van der Waals surface area contributed by atoms with Gasteiger partial charge < -0.3 is 4.90 Å². The van der Waals surface area contributed by atoms with Gasteiger partial charge in [0.15, 0.2) is 0 Å². The summed E-state index contributed by atoms with van der Waals surface area (Å²) < 4.78 is 0. The van der Waals surface area contributed by atoms with Crippen LogP contribution in [0.1, 0.15) is 80.1 Å². The number of hydrogen-bond donors (Lipinski definition) is 0. The highest BCUT2D eigenvalue weighted by molar-refractivity contribution is 5.07. The Hall–Kier alpha value is -0.120. The third-order valence-electron chi connectivity index (χ3n) is 10.3. The molecule has 1 aliphatic carbocycles. The lowest BCUT2D eigenvalue weighted by Crippen LogP contribution is -2.65. The lowest BCUT2D eigenvalue weighted by molar-refractivity contribution is -0.111. The average molecular weight is 390 g/mol. The maximum Gasteiger partial charge on any atom is 0.0206 e. The van der Waals surface area contributed by atoms with E-state index in [-0.39, 0.29) is 0 Å². The molecule has 4 aliphatic rings. The molecule has 3 heterocycles. The molecule has 0 N–H and O–H groups in total. The quantitative estimate of drug-likeness (QED) is 0.689. The van der Waals surface area contributed by atoms with Crippen LogP contribution in [-0.4, -0.2) is 72.6 Å². The zero-order valence-corrected chi connectivity index (χ0v) is 20.0. The van der Waals surface area contributed by atoms with Crippen molar-refractivity contribution in [2.45, 2.75) is 91.6 Å². The second-order valence-corrected chi connectivity index (χ2v) is 12.7. The largest absolute Gasteiger partial charge is 0.305 e. The summed E-state index contributed by atoms with van der Waals surface area (Å²) in [5.41, 5.74) is 2.02. The molecule has 0 amide bonds. The van der Waals surface area contributed by atoms with E-state index in [0.717, 1.165) is 12.0 Å². The van der Waals surface area contributed by atoms with Gasteiger partial charge in [-0.15, -0.1) is 0 Å². The lowest BCUT2D eigenvalue weighted by atomic mass is 9.56. The number of piperidine rings is 1. The number of nitrogens with zero attached hydrogens (tertiary/aromatic N) is 3. The first-order chi connectivity index (χ1) is 13.0. The van der Waals surface area contributed by atoms with Gasteiger partial charge in [-0.2, -0.15) is 0 Å². The molecule has 0 radical (unpaired) electrons. The van der Waals surface area contributed by atoms with Gasteiger partial charge in [-0.1, -0.05) is 13.8 Å². The summed E-state index contributed by atoms with van der Waals surface area (Å²) in [6.07, 6.45) is 8.66. The van der Waals surface area contributed by atoms with Gasteiger partial charge in [0, 0.05) is 37.8 Å². The van der Waals surface area contributed by atoms with Crippen molar-refractivity contribution in [3.8, 4) is 0 Å². The standard InChI is InChI=1S/C25H47N3/c1-20(2)27-18-24(19-27)10-8-21(9-11-24)22(3,4)23(5,6)28-14-12-25(13-15-28)16-26(7)17-25/h20-21H,8-19H2,1-7H3. The molecule has 3 saturated heterocycles. The molecule has 0 aromatic heterocycles. The Morgan fingerprint density at radius 1 is 0.786 bits per heavy atom. The van der Waals surface area contributed by atoms with Crippen LogP contribution in [0.25, 0.3) is 0 Å². The predicted molar refractivity (Wildman–Crippen MR) is 120 cm³/mol. The Morgan fingerprint density at radius 3 is 1.75 bits per heavy atom. The summed E-state index contributed by atoms with van der Waals surface area (Å²) in [6, 6.07) is 0.733. The van der Waals surface area contributed by atoms with Crippen LogP contribution in [0.4, 0.5) is 0 Å². The summed E-state index contributed by atoms with van der Waals surface area (Å²) in [5, 5.41) is 0. The average Bonchev–Trinajstić information content (AvgIpc) is 2.58. The SMILES string of the molecule is CC(C)N1CC2(CCC(C(C)(C)C(C)(C)N3CCC4(CC3)CN(C)C4)CC2)C1. The molecule has 0 aromatic carbocycles. The summed E-state index contributed by atoms with van der Waals surface area (Å²) in [5.74, 6) is 0.881. The molecule has 1 saturated carbocycles. The van der Waals surface area contributed by atoms with Gasteiger partial charge in [-0.25, -0.2) is 0 Å². The summed E-state index contributed by atoms with van der Waals surface area (Å²) in [4.78, 5) is 8.05. The molecular formula is C25H47N3. The molecular weight excluding hydrogens is 342 g/mol. The van der Waals surface area contributed by atoms with Gasteiger partial charge in [0.25, 0.3) is 0 Å². The van der Waals surface area contributed by atoms with Crippen molar-refractivity contribution in [1.82, 2.24) is 14.7 Å². The predicted octanol–water partition coefficient (Wildman–Crippen LogP) is 4.72. The highest BCUT2D eigenvalue weighted by Crippen LogP contribution is 2.54. The molecule has 0 atom stereocenters. The van der Waals surface area contributed by atoms with Crippen LogP contribution in [-0.2, 0) is 0 Å². The molecule has 3 nitrogen and oxygen atoms in total. The van der Waals surface area contributed by atoms with Crippen molar-refractivity contribution >= 4 is 0 Å². The van der Waals surface area contributed by atoms with Crippen LogP contribution >= 0.6 is 0 Å². The van der Waals surface area contributed by atoms with Crippen molar-refractivity contribution in [2.24, 2.45) is 22.2 Å². The van der Waals surface area contributed by atoms with E-state index >= 15 is 0 Å². The third kappa shape index (κ3) is 3.38. The van der Waals surface area contributed by atoms with E-state index in [0.29, 0.717) is 21.8 Å². The Labute approximate surface area is 175 Å². The second-order valence-electron chi connectivity index (χ2n) is 12.7. The van der Waals surface area contributed by atoms with E-state index in [1.54, 1.807) is 0 Å². The fourth-order valence-corrected chi connectivity index (χ4v) is 7.31. The van der Waals surface area contributed by atoms with Crippen LogP contribution in [0.3, 0.4) is 0 Å². The van der Waals surface area contributed by atoms with Crippen molar-refractivity contribution in [2.75, 3.05) is 46.3 Å². The minimum Gasteiger partial charge on any atom is -0.305 e. The molecule has 0 unspecified atom stereocenters. The fourth-order valence-electron chi connectivity index (χ4n) is 7.31. The van der Waals surface area contributed by atoms with Crippen molar-refractivity contribution in [3.63, 3.8) is 0 Å². The Morgan fingerprint density at radius 2 is 1.29 bits per heavy atom. The van der Waals surface area contributed by atoms with Crippen molar-refractivity contribution in [1.29, 1.82) is 0 Å². The molecule has 162 valence electrons. The lowest BCUT2D eigenvalue weighted by Gasteiger charge is -2.61. The van der Waals surface area contributed by atoms with Crippen LogP contribution in [0.5, 0.6) is 0 Å². The highest BCUT2D eigenvalue weighted by atomic mass is 15.2. The Bertz CT molecular complexity index is 546. The minimum absolute atomic E-state index is 0.295. The normalized spacial score (nSPS) is 30.0.